The van der Waals surface area contributed by atoms with Crippen molar-refractivity contribution in [1.82, 2.24) is 10.3 Å². The Kier molecular flexibility index (Phi) is 6.65. The van der Waals surface area contributed by atoms with Crippen LogP contribution in [0.3, 0.4) is 0 Å². The monoisotopic (exact) mass is 494 g/mol. The Balaban J connectivity index is 1.54. The zero-order valence-electron chi connectivity index (χ0n) is 18.0. The minimum atomic E-state index is -0.943. The highest BCUT2D eigenvalue weighted by molar-refractivity contribution is 7.14. The third-order valence-electron chi connectivity index (χ3n) is 5.71. The molecule has 1 aliphatic heterocycles. The molecule has 10 heteroatoms. The molecule has 0 spiro atoms. The largest absolute Gasteiger partial charge is 0.369 e. The number of benzene rings is 2. The van der Waals surface area contributed by atoms with Crippen molar-refractivity contribution in [3.63, 3.8) is 0 Å². The van der Waals surface area contributed by atoms with E-state index in [0.717, 1.165) is 11.3 Å². The molecule has 33 heavy (non-hydrogen) atoms. The average Bonchev–Trinajstić information content (AvgIpc) is 3.23. The number of piperazine rings is 1. The van der Waals surface area contributed by atoms with Crippen LogP contribution in [-0.4, -0.2) is 37.1 Å². The number of anilines is 2. The summed E-state index contributed by atoms with van der Waals surface area (Å²) >= 11 is 6.93. The minimum absolute atomic E-state index is 0.155. The highest BCUT2D eigenvalue weighted by Gasteiger charge is 2.30. The summed E-state index contributed by atoms with van der Waals surface area (Å²) < 4.78 is 43.9. The van der Waals surface area contributed by atoms with Gasteiger partial charge in [-0.2, -0.15) is 0 Å². The van der Waals surface area contributed by atoms with Crippen molar-refractivity contribution in [3.05, 3.63) is 75.0 Å². The van der Waals surface area contributed by atoms with Gasteiger partial charge in [0.05, 0.1) is 5.69 Å². The number of carbonyl (C=O) groups excluding carboxylic acids is 1. The number of aromatic nitrogens is 1. The molecule has 2 N–H and O–H groups in total. The van der Waals surface area contributed by atoms with Gasteiger partial charge in [-0.1, -0.05) is 31.5 Å². The van der Waals surface area contributed by atoms with Crippen molar-refractivity contribution in [1.29, 1.82) is 0 Å². The Morgan fingerprint density at radius 1 is 1.12 bits per heavy atom. The van der Waals surface area contributed by atoms with Crippen LogP contribution in [0.25, 0.3) is 0 Å². The van der Waals surface area contributed by atoms with Gasteiger partial charge in [0.2, 0.25) is 0 Å². The van der Waals surface area contributed by atoms with Crippen LogP contribution in [0.5, 0.6) is 0 Å². The van der Waals surface area contributed by atoms with Gasteiger partial charge < -0.3 is 10.2 Å². The predicted octanol–water partition coefficient (Wildman–Crippen LogP) is 5.20. The number of halogens is 4. The zero-order chi connectivity index (χ0) is 23.8. The molecule has 1 saturated heterocycles. The Bertz CT molecular complexity index is 1170. The van der Waals surface area contributed by atoms with E-state index in [-0.39, 0.29) is 10.2 Å². The molecule has 0 radical (unpaired) electrons. The van der Waals surface area contributed by atoms with E-state index in [0.29, 0.717) is 43.1 Å². The third kappa shape index (κ3) is 4.85. The molecule has 0 aliphatic carbocycles. The van der Waals surface area contributed by atoms with E-state index < -0.39 is 34.3 Å². The second-order valence-electron chi connectivity index (χ2n) is 8.26. The third-order valence-corrected chi connectivity index (χ3v) is 6.70. The van der Waals surface area contributed by atoms with Crippen molar-refractivity contribution in [2.45, 2.75) is 19.3 Å². The molecular weight excluding hydrogens is 473 g/mol. The van der Waals surface area contributed by atoms with Crippen LogP contribution in [0.15, 0.2) is 35.7 Å². The lowest BCUT2D eigenvalue weighted by atomic mass is 9.82. The smallest absolute Gasteiger partial charge is 0.263 e. The molecule has 1 fully saturated rings. The zero-order valence-corrected chi connectivity index (χ0v) is 19.6. The molecule has 1 aromatic heterocycles. The summed E-state index contributed by atoms with van der Waals surface area (Å²) in [6.07, 6.45) is 0. The van der Waals surface area contributed by atoms with Gasteiger partial charge in [-0.3, -0.25) is 10.1 Å². The highest BCUT2D eigenvalue weighted by Crippen LogP contribution is 2.36. The molecular formula is C23H22ClF3N4OS. The first kappa shape index (κ1) is 23.5. The van der Waals surface area contributed by atoms with Crippen LogP contribution >= 0.6 is 22.9 Å². The summed E-state index contributed by atoms with van der Waals surface area (Å²) in [5, 5.41) is 7.74. The Labute approximate surface area is 198 Å². The summed E-state index contributed by atoms with van der Waals surface area (Å²) in [5.41, 5.74) is -0.218. The number of amides is 1. The van der Waals surface area contributed by atoms with Crippen molar-refractivity contribution in [2.24, 2.45) is 0 Å². The average molecular weight is 495 g/mol. The van der Waals surface area contributed by atoms with Gasteiger partial charge in [-0.25, -0.2) is 18.2 Å². The van der Waals surface area contributed by atoms with Gasteiger partial charge in [0.25, 0.3) is 5.91 Å². The van der Waals surface area contributed by atoms with E-state index in [1.54, 1.807) is 31.4 Å². The standard InChI is InChI=1S/C23H22ClF3N4OS/c1-23(2,15-4-3-13(24)9-16(15)25)19-12-33-22(29-19)30-21(32)20-17(26)10-14(11-18(20)27)31-7-5-28-6-8-31/h3-4,9-12,28H,5-8H2,1-2H3,(H,29,30,32). The Morgan fingerprint density at radius 3 is 2.42 bits per heavy atom. The highest BCUT2D eigenvalue weighted by atomic mass is 35.5. The van der Waals surface area contributed by atoms with Crippen molar-refractivity contribution in [3.8, 4) is 0 Å². The number of nitrogens with zero attached hydrogens (tertiary/aromatic N) is 2. The number of hydrogen-bond acceptors (Lipinski definition) is 5. The molecule has 3 aromatic rings. The summed E-state index contributed by atoms with van der Waals surface area (Å²) in [6, 6.07) is 6.74. The normalized spacial score (nSPS) is 14.4. The quantitative estimate of drug-likeness (QED) is 0.512. The SMILES string of the molecule is CC(C)(c1csc(NC(=O)c2c(F)cc(N3CCNCC3)cc2F)n1)c1ccc(Cl)cc1F. The number of rotatable bonds is 5. The number of carbonyl (C=O) groups is 1. The van der Waals surface area contributed by atoms with E-state index in [1.807, 2.05) is 4.90 Å². The molecule has 1 aliphatic rings. The summed E-state index contributed by atoms with van der Waals surface area (Å²) in [6.45, 7) is 6.25. The second-order valence-corrected chi connectivity index (χ2v) is 9.56. The fourth-order valence-electron chi connectivity index (χ4n) is 3.79. The lowest BCUT2D eigenvalue weighted by Gasteiger charge is -2.29. The first-order valence-electron chi connectivity index (χ1n) is 10.3. The van der Waals surface area contributed by atoms with Crippen LogP contribution in [-0.2, 0) is 5.41 Å². The minimum Gasteiger partial charge on any atom is -0.369 e. The van der Waals surface area contributed by atoms with Crippen LogP contribution in [0, 0.1) is 17.5 Å². The summed E-state index contributed by atoms with van der Waals surface area (Å²) in [7, 11) is 0. The molecule has 174 valence electrons. The number of thiazole rings is 1. The molecule has 2 heterocycles. The van der Waals surface area contributed by atoms with Gasteiger partial charge in [-0.15, -0.1) is 11.3 Å². The first-order chi connectivity index (χ1) is 15.7. The predicted molar refractivity (Wildman–Crippen MR) is 125 cm³/mol. The number of hydrogen-bond donors (Lipinski definition) is 2. The maximum absolute atomic E-state index is 14.7. The van der Waals surface area contributed by atoms with Crippen LogP contribution < -0.4 is 15.5 Å². The van der Waals surface area contributed by atoms with Crippen LogP contribution in [0.1, 0.15) is 35.5 Å². The van der Waals surface area contributed by atoms with Crippen LogP contribution in [0.4, 0.5) is 24.0 Å². The number of nitrogens with one attached hydrogen (secondary N) is 2. The van der Waals surface area contributed by atoms with Gasteiger partial charge in [-0.05, 0) is 29.8 Å². The molecule has 0 unspecified atom stereocenters. The summed E-state index contributed by atoms with van der Waals surface area (Å²) in [4.78, 5) is 18.9. The Hall–Kier alpha value is -2.62. The maximum atomic E-state index is 14.7. The molecule has 4 rings (SSSR count). The van der Waals surface area contributed by atoms with Gasteiger partial charge in [0.1, 0.15) is 23.0 Å². The van der Waals surface area contributed by atoms with Crippen molar-refractivity contribution < 1.29 is 18.0 Å². The lowest BCUT2D eigenvalue weighted by Crippen LogP contribution is -2.43. The van der Waals surface area contributed by atoms with Crippen molar-refractivity contribution >= 4 is 39.7 Å². The van der Waals surface area contributed by atoms with E-state index in [2.05, 4.69) is 15.6 Å². The summed E-state index contributed by atoms with van der Waals surface area (Å²) in [5.74, 6) is -3.30. The molecule has 1 amide bonds. The van der Waals surface area contributed by atoms with E-state index in [9.17, 15) is 18.0 Å². The molecule has 0 bridgehead atoms. The Morgan fingerprint density at radius 2 is 1.79 bits per heavy atom. The lowest BCUT2D eigenvalue weighted by molar-refractivity contribution is 0.101. The van der Waals surface area contributed by atoms with E-state index in [1.165, 1.54) is 18.2 Å². The first-order valence-corrected chi connectivity index (χ1v) is 11.6. The van der Waals surface area contributed by atoms with Crippen LogP contribution in [0.2, 0.25) is 5.02 Å². The topological polar surface area (TPSA) is 57.3 Å². The van der Waals surface area contributed by atoms with Gasteiger partial charge >= 0.3 is 0 Å². The molecule has 2 aromatic carbocycles. The molecule has 5 nitrogen and oxygen atoms in total. The second kappa shape index (κ2) is 9.32. The fourth-order valence-corrected chi connectivity index (χ4v) is 4.83. The van der Waals surface area contributed by atoms with E-state index >= 15 is 0 Å². The van der Waals surface area contributed by atoms with Gasteiger partial charge in [0, 0.05) is 47.7 Å². The maximum Gasteiger partial charge on any atom is 0.263 e. The van der Waals surface area contributed by atoms with Gasteiger partial charge in [0.15, 0.2) is 5.13 Å². The van der Waals surface area contributed by atoms with E-state index in [4.69, 9.17) is 11.6 Å². The molecule has 0 saturated carbocycles. The van der Waals surface area contributed by atoms with Crippen molar-refractivity contribution in [2.75, 3.05) is 36.4 Å². The molecule has 0 atom stereocenters. The fraction of sp³-hybridized carbons (Fsp3) is 0.304.